The highest BCUT2D eigenvalue weighted by Crippen LogP contribution is 2.24. The smallest absolute Gasteiger partial charge is 0.261 e. The van der Waals surface area contributed by atoms with Crippen molar-refractivity contribution in [2.45, 2.75) is 19.6 Å². The topological polar surface area (TPSA) is 79.9 Å². The zero-order valence-corrected chi connectivity index (χ0v) is 11.0. The van der Waals surface area contributed by atoms with Gasteiger partial charge in [-0.2, -0.15) is 5.10 Å². The van der Waals surface area contributed by atoms with Gasteiger partial charge in [0.1, 0.15) is 17.9 Å². The van der Waals surface area contributed by atoms with Crippen molar-refractivity contribution in [3.8, 4) is 5.75 Å². The lowest BCUT2D eigenvalue weighted by Gasteiger charge is -2.15. The molecule has 1 heterocycles. The van der Waals surface area contributed by atoms with E-state index in [0.29, 0.717) is 16.6 Å². The van der Waals surface area contributed by atoms with E-state index in [0.717, 1.165) is 0 Å². The lowest BCUT2D eigenvalue weighted by atomic mass is 10.3. The Morgan fingerprint density at radius 2 is 2.32 bits per heavy atom. The number of hydrogen-bond acceptors (Lipinski definition) is 4. The van der Waals surface area contributed by atoms with E-state index < -0.39 is 6.10 Å². The number of amides is 1. The summed E-state index contributed by atoms with van der Waals surface area (Å²) in [5.74, 6) is 0.807. The summed E-state index contributed by atoms with van der Waals surface area (Å²) in [4.78, 5) is 15.7. The molecule has 2 rings (SSSR count). The minimum absolute atomic E-state index is 0.253. The second-order valence-corrected chi connectivity index (χ2v) is 4.25. The van der Waals surface area contributed by atoms with Crippen molar-refractivity contribution in [1.29, 1.82) is 0 Å². The Bertz CT molecular complexity index is 544. The molecule has 0 aliphatic carbocycles. The van der Waals surface area contributed by atoms with E-state index in [-0.39, 0.29) is 12.5 Å². The highest BCUT2D eigenvalue weighted by Gasteiger charge is 2.15. The van der Waals surface area contributed by atoms with Gasteiger partial charge in [-0.15, -0.1) is 0 Å². The Kier molecular flexibility index (Phi) is 4.35. The van der Waals surface area contributed by atoms with Crippen molar-refractivity contribution in [3.63, 3.8) is 0 Å². The SMILES string of the molecule is CC(Oc1ccccc1Cl)C(=O)NCc1ncn[nH]1. The van der Waals surface area contributed by atoms with E-state index >= 15 is 0 Å². The van der Waals surface area contributed by atoms with Crippen molar-refractivity contribution in [3.05, 3.63) is 41.4 Å². The van der Waals surface area contributed by atoms with Crippen LogP contribution < -0.4 is 10.1 Å². The molecular formula is C12H13ClN4O2. The Labute approximate surface area is 115 Å². The third kappa shape index (κ3) is 3.69. The van der Waals surface area contributed by atoms with Crippen LogP contribution in [0.15, 0.2) is 30.6 Å². The zero-order chi connectivity index (χ0) is 13.7. The van der Waals surface area contributed by atoms with Crippen LogP contribution in [0.25, 0.3) is 0 Å². The monoisotopic (exact) mass is 280 g/mol. The summed E-state index contributed by atoms with van der Waals surface area (Å²) >= 11 is 5.95. The number of nitrogens with zero attached hydrogens (tertiary/aromatic N) is 2. The standard InChI is InChI=1S/C12H13ClN4O2/c1-8(19-10-5-3-2-4-9(10)13)12(18)14-6-11-15-7-16-17-11/h2-5,7-8H,6H2,1H3,(H,14,18)(H,15,16,17). The third-order valence-corrected chi connectivity index (χ3v) is 2.72. The Hall–Kier alpha value is -2.08. The van der Waals surface area contributed by atoms with Crippen LogP contribution in [0.5, 0.6) is 5.75 Å². The summed E-state index contributed by atoms with van der Waals surface area (Å²) in [6.07, 6.45) is 0.730. The van der Waals surface area contributed by atoms with Crippen LogP contribution in [0, 0.1) is 0 Å². The molecule has 2 aromatic rings. The zero-order valence-electron chi connectivity index (χ0n) is 10.3. The summed E-state index contributed by atoms with van der Waals surface area (Å²) < 4.78 is 5.49. The lowest BCUT2D eigenvalue weighted by molar-refractivity contribution is -0.127. The molecule has 1 atom stereocenters. The van der Waals surface area contributed by atoms with Crippen molar-refractivity contribution >= 4 is 17.5 Å². The summed E-state index contributed by atoms with van der Waals surface area (Å²) in [6, 6.07) is 7.00. The van der Waals surface area contributed by atoms with Crippen LogP contribution in [0.2, 0.25) is 5.02 Å². The molecule has 1 aromatic carbocycles. The first-order chi connectivity index (χ1) is 9.16. The summed E-state index contributed by atoms with van der Waals surface area (Å²) in [6.45, 7) is 1.92. The van der Waals surface area contributed by atoms with Crippen molar-refractivity contribution in [2.24, 2.45) is 0 Å². The van der Waals surface area contributed by atoms with Crippen LogP contribution in [0.4, 0.5) is 0 Å². The maximum atomic E-state index is 11.8. The van der Waals surface area contributed by atoms with E-state index in [1.54, 1.807) is 31.2 Å². The highest BCUT2D eigenvalue weighted by atomic mass is 35.5. The average molecular weight is 281 g/mol. The Balaban J connectivity index is 1.87. The number of carbonyl (C=O) groups is 1. The molecule has 0 aliphatic heterocycles. The minimum atomic E-state index is -0.650. The van der Waals surface area contributed by atoms with Gasteiger partial charge < -0.3 is 10.1 Å². The molecule has 1 aromatic heterocycles. The van der Waals surface area contributed by atoms with E-state index in [2.05, 4.69) is 20.5 Å². The molecule has 19 heavy (non-hydrogen) atoms. The summed E-state index contributed by atoms with van der Waals surface area (Å²) in [5.41, 5.74) is 0. The molecule has 1 amide bonds. The molecule has 2 N–H and O–H groups in total. The van der Waals surface area contributed by atoms with Gasteiger partial charge in [0.15, 0.2) is 6.10 Å². The predicted octanol–water partition coefficient (Wildman–Crippen LogP) is 1.54. The number of carbonyl (C=O) groups excluding carboxylic acids is 1. The van der Waals surface area contributed by atoms with Crippen molar-refractivity contribution in [2.75, 3.05) is 0 Å². The predicted molar refractivity (Wildman–Crippen MR) is 69.8 cm³/mol. The second-order valence-electron chi connectivity index (χ2n) is 3.84. The number of hydrogen-bond donors (Lipinski definition) is 2. The van der Waals surface area contributed by atoms with Gasteiger partial charge in [0.2, 0.25) is 0 Å². The molecule has 0 spiro atoms. The average Bonchev–Trinajstić information content (AvgIpc) is 2.91. The Morgan fingerprint density at radius 1 is 1.53 bits per heavy atom. The number of H-pyrrole nitrogens is 1. The number of ether oxygens (including phenoxy) is 1. The quantitative estimate of drug-likeness (QED) is 0.871. The lowest BCUT2D eigenvalue weighted by Crippen LogP contribution is -2.36. The van der Waals surface area contributed by atoms with E-state index in [9.17, 15) is 4.79 Å². The van der Waals surface area contributed by atoms with Gasteiger partial charge in [0.25, 0.3) is 5.91 Å². The van der Waals surface area contributed by atoms with E-state index in [4.69, 9.17) is 16.3 Å². The fourth-order valence-electron chi connectivity index (χ4n) is 1.41. The number of rotatable bonds is 5. The van der Waals surface area contributed by atoms with E-state index in [1.807, 2.05) is 0 Å². The van der Waals surface area contributed by atoms with Crippen LogP contribution in [0.1, 0.15) is 12.7 Å². The minimum Gasteiger partial charge on any atom is -0.479 e. The van der Waals surface area contributed by atoms with Gasteiger partial charge in [-0.1, -0.05) is 23.7 Å². The van der Waals surface area contributed by atoms with E-state index in [1.165, 1.54) is 6.33 Å². The number of benzene rings is 1. The molecule has 0 radical (unpaired) electrons. The number of halogens is 1. The van der Waals surface area contributed by atoms with Crippen molar-refractivity contribution in [1.82, 2.24) is 20.5 Å². The van der Waals surface area contributed by atoms with Gasteiger partial charge in [0.05, 0.1) is 11.6 Å². The highest BCUT2D eigenvalue weighted by molar-refractivity contribution is 6.32. The molecular weight excluding hydrogens is 268 g/mol. The van der Waals surface area contributed by atoms with Gasteiger partial charge >= 0.3 is 0 Å². The van der Waals surface area contributed by atoms with Gasteiger partial charge in [-0.3, -0.25) is 9.89 Å². The molecule has 1 unspecified atom stereocenters. The largest absolute Gasteiger partial charge is 0.479 e. The van der Waals surface area contributed by atoms with Gasteiger partial charge in [-0.25, -0.2) is 4.98 Å². The van der Waals surface area contributed by atoms with Crippen LogP contribution in [0.3, 0.4) is 0 Å². The molecule has 0 saturated heterocycles. The second kappa shape index (κ2) is 6.19. The summed E-state index contributed by atoms with van der Waals surface area (Å²) in [5, 5.41) is 9.49. The third-order valence-electron chi connectivity index (χ3n) is 2.40. The van der Waals surface area contributed by atoms with Crippen LogP contribution >= 0.6 is 11.6 Å². The first-order valence-electron chi connectivity index (χ1n) is 5.70. The normalized spacial score (nSPS) is 11.9. The maximum Gasteiger partial charge on any atom is 0.261 e. The molecule has 7 heteroatoms. The Morgan fingerprint density at radius 3 is 3.00 bits per heavy atom. The first kappa shape index (κ1) is 13.4. The van der Waals surface area contributed by atoms with Gasteiger partial charge in [0, 0.05) is 0 Å². The fourth-order valence-corrected chi connectivity index (χ4v) is 1.60. The molecule has 0 fully saturated rings. The maximum absolute atomic E-state index is 11.8. The van der Waals surface area contributed by atoms with Crippen LogP contribution in [-0.2, 0) is 11.3 Å². The first-order valence-corrected chi connectivity index (χ1v) is 6.07. The van der Waals surface area contributed by atoms with Gasteiger partial charge in [-0.05, 0) is 19.1 Å². The number of aromatic nitrogens is 3. The molecule has 100 valence electrons. The molecule has 0 aliphatic rings. The van der Waals surface area contributed by atoms with Crippen molar-refractivity contribution < 1.29 is 9.53 Å². The fraction of sp³-hybridized carbons (Fsp3) is 0.250. The van der Waals surface area contributed by atoms with Crippen LogP contribution in [-0.4, -0.2) is 27.2 Å². The number of aromatic amines is 1. The number of para-hydroxylation sites is 1. The summed E-state index contributed by atoms with van der Waals surface area (Å²) in [7, 11) is 0. The number of nitrogens with one attached hydrogen (secondary N) is 2. The molecule has 0 bridgehead atoms. The molecule has 0 saturated carbocycles. The molecule has 6 nitrogen and oxygen atoms in total.